The highest BCUT2D eigenvalue weighted by molar-refractivity contribution is 5.39. The number of aromatic nitrogens is 3. The molecule has 1 fully saturated rings. The first kappa shape index (κ1) is 16.5. The Hall–Kier alpha value is -2.69. The van der Waals surface area contributed by atoms with Gasteiger partial charge in [0.2, 0.25) is 5.82 Å². The third kappa shape index (κ3) is 1.53. The van der Waals surface area contributed by atoms with Crippen molar-refractivity contribution in [2.24, 2.45) is 0 Å². The zero-order valence-corrected chi connectivity index (χ0v) is 13.8. The Morgan fingerprint density at radius 1 is 0.778 bits per heavy atom. The third-order valence-corrected chi connectivity index (χ3v) is 5.92. The van der Waals surface area contributed by atoms with Crippen LogP contribution < -0.4 is 11.4 Å². The van der Waals surface area contributed by atoms with Crippen LogP contribution in [-0.4, -0.2) is 25.1 Å². The van der Waals surface area contributed by atoms with Crippen molar-refractivity contribution in [3.63, 3.8) is 0 Å². The van der Waals surface area contributed by atoms with E-state index in [0.29, 0.717) is 0 Å². The molecule has 4 heterocycles. The van der Waals surface area contributed by atoms with Crippen molar-refractivity contribution in [2.45, 2.75) is 37.1 Å². The molecule has 4 atom stereocenters. The number of hydrogen-bond acceptors (Lipinski definition) is 3. The number of epoxide rings is 1. The molecule has 1 aromatic heterocycles. The molecular formula is C16H10F5N3O3. The maximum absolute atomic E-state index is 14.2. The molecular weight excluding hydrogens is 377 g/mol. The van der Waals surface area contributed by atoms with E-state index in [2.05, 4.69) is 0 Å². The van der Waals surface area contributed by atoms with Crippen LogP contribution in [0.25, 0.3) is 5.69 Å². The van der Waals surface area contributed by atoms with E-state index in [1.165, 1.54) is 0 Å². The summed E-state index contributed by atoms with van der Waals surface area (Å²) in [6, 6.07) is -1.54. The van der Waals surface area contributed by atoms with Crippen molar-refractivity contribution in [1.82, 2.24) is 13.9 Å². The van der Waals surface area contributed by atoms with E-state index in [4.69, 9.17) is 4.74 Å². The van der Waals surface area contributed by atoms with Gasteiger partial charge in [-0.25, -0.2) is 45.5 Å². The summed E-state index contributed by atoms with van der Waals surface area (Å²) in [7, 11) is 0. The first-order chi connectivity index (χ1) is 12.6. The van der Waals surface area contributed by atoms with Crippen LogP contribution in [0.5, 0.6) is 0 Å². The lowest BCUT2D eigenvalue weighted by atomic mass is 9.77. The average Bonchev–Trinajstić information content (AvgIpc) is 3.17. The minimum atomic E-state index is -2.37. The second-order valence-electron chi connectivity index (χ2n) is 7.10. The average molecular weight is 387 g/mol. The Labute approximate surface area is 146 Å². The van der Waals surface area contributed by atoms with Crippen molar-refractivity contribution in [3.05, 3.63) is 62.2 Å². The van der Waals surface area contributed by atoms with Gasteiger partial charge in [-0.05, 0) is 13.8 Å². The molecule has 6 rings (SSSR count). The number of rotatable bonds is 1. The minimum Gasteiger partial charge on any atom is -0.358 e. The molecule has 3 aliphatic heterocycles. The Morgan fingerprint density at radius 2 is 1.15 bits per heavy atom. The molecule has 0 saturated carbocycles. The highest BCUT2D eigenvalue weighted by atomic mass is 19.2. The quantitative estimate of drug-likeness (QED) is 0.246. The van der Waals surface area contributed by atoms with Gasteiger partial charge in [-0.1, -0.05) is 12.2 Å². The summed E-state index contributed by atoms with van der Waals surface area (Å²) < 4.78 is 76.4. The highest BCUT2D eigenvalue weighted by Gasteiger charge is 2.76. The summed E-state index contributed by atoms with van der Waals surface area (Å²) >= 11 is 0. The van der Waals surface area contributed by atoms with Gasteiger partial charge in [0.25, 0.3) is 0 Å². The van der Waals surface area contributed by atoms with Crippen LogP contribution in [0.2, 0.25) is 0 Å². The molecule has 2 aromatic rings. The highest BCUT2D eigenvalue weighted by Crippen LogP contribution is 2.64. The fourth-order valence-electron chi connectivity index (χ4n) is 4.29. The minimum absolute atomic E-state index is 0.0270. The van der Waals surface area contributed by atoms with Gasteiger partial charge in [-0.3, -0.25) is 0 Å². The smallest absolute Gasteiger partial charge is 0.352 e. The lowest BCUT2D eigenvalue weighted by Crippen LogP contribution is -2.52. The van der Waals surface area contributed by atoms with Gasteiger partial charge in [0, 0.05) is 0 Å². The number of nitrogens with zero attached hydrogens (tertiary/aromatic N) is 3. The van der Waals surface area contributed by atoms with Crippen LogP contribution in [0, 0.1) is 29.1 Å². The zero-order chi connectivity index (χ0) is 19.6. The first-order valence-electron chi connectivity index (χ1n) is 7.92. The van der Waals surface area contributed by atoms with Crippen LogP contribution in [0.4, 0.5) is 22.0 Å². The summed E-state index contributed by atoms with van der Waals surface area (Å²) in [5.74, 6) is -11.4. The molecule has 1 aromatic carbocycles. The molecule has 27 heavy (non-hydrogen) atoms. The van der Waals surface area contributed by atoms with Gasteiger partial charge >= 0.3 is 11.4 Å². The van der Waals surface area contributed by atoms with Crippen LogP contribution in [0.15, 0.2) is 21.7 Å². The third-order valence-electron chi connectivity index (χ3n) is 5.92. The predicted molar refractivity (Wildman–Crippen MR) is 79.2 cm³/mol. The van der Waals surface area contributed by atoms with E-state index in [-0.39, 0.29) is 4.57 Å². The molecule has 4 aliphatic rings. The topological polar surface area (TPSA) is 61.5 Å². The van der Waals surface area contributed by atoms with E-state index in [9.17, 15) is 31.5 Å². The maximum Gasteiger partial charge on any atom is 0.352 e. The van der Waals surface area contributed by atoms with E-state index < -0.39 is 69.4 Å². The molecule has 0 N–H and O–H groups in total. The summed E-state index contributed by atoms with van der Waals surface area (Å²) in [6.45, 7) is 3.43. The summed E-state index contributed by atoms with van der Waals surface area (Å²) in [5, 5.41) is 0. The number of halogens is 5. The van der Waals surface area contributed by atoms with Crippen molar-refractivity contribution < 1.29 is 26.7 Å². The van der Waals surface area contributed by atoms with Crippen molar-refractivity contribution in [1.29, 1.82) is 0 Å². The standard InChI is InChI=1S/C16H10F5N3O3/c1-15-5-3-4-6(16(15,2)27-15)24-14(26)22(13(25)23(5)24)12-10(20)8(18)7(17)9(19)11(12)21/h3-6H,1-2H3. The SMILES string of the molecule is CC12OC1(C)C1C=CC2n2c(=O)n(-c3c(F)c(F)c(F)c(F)c3F)c(=O)n21. The summed E-state index contributed by atoms with van der Waals surface area (Å²) in [5.41, 5.74) is -5.70. The Balaban J connectivity index is 1.87. The number of benzene rings is 1. The molecule has 1 saturated heterocycles. The molecule has 0 amide bonds. The number of ether oxygens (including phenoxy) is 1. The molecule has 0 spiro atoms. The second-order valence-corrected chi connectivity index (χ2v) is 7.10. The normalized spacial score (nSPS) is 32.6. The van der Waals surface area contributed by atoms with Crippen molar-refractivity contribution in [2.75, 3.05) is 0 Å². The van der Waals surface area contributed by atoms with Gasteiger partial charge in [-0.2, -0.15) is 0 Å². The number of hydrogen-bond donors (Lipinski definition) is 0. The lowest BCUT2D eigenvalue weighted by molar-refractivity contribution is 0.210. The summed E-state index contributed by atoms with van der Waals surface area (Å²) in [4.78, 5) is 25.6. The molecule has 2 bridgehead atoms. The van der Waals surface area contributed by atoms with Gasteiger partial charge in [0.1, 0.15) is 29.0 Å². The van der Waals surface area contributed by atoms with Gasteiger partial charge in [0.15, 0.2) is 23.3 Å². The zero-order valence-electron chi connectivity index (χ0n) is 13.8. The molecule has 1 aliphatic carbocycles. The van der Waals surface area contributed by atoms with Gasteiger partial charge < -0.3 is 4.74 Å². The molecule has 0 radical (unpaired) electrons. The van der Waals surface area contributed by atoms with E-state index in [1.54, 1.807) is 26.0 Å². The fraction of sp³-hybridized carbons (Fsp3) is 0.375. The van der Waals surface area contributed by atoms with Crippen LogP contribution in [0.1, 0.15) is 25.9 Å². The van der Waals surface area contributed by atoms with Gasteiger partial charge in [0.05, 0.1) is 0 Å². The van der Waals surface area contributed by atoms with E-state index >= 15 is 0 Å². The first-order valence-corrected chi connectivity index (χ1v) is 7.92. The molecule has 4 unspecified atom stereocenters. The van der Waals surface area contributed by atoms with Crippen LogP contribution >= 0.6 is 0 Å². The van der Waals surface area contributed by atoms with Crippen molar-refractivity contribution in [3.8, 4) is 5.69 Å². The molecule has 6 nitrogen and oxygen atoms in total. The Morgan fingerprint density at radius 3 is 1.56 bits per heavy atom. The lowest BCUT2D eigenvalue weighted by Gasteiger charge is -2.38. The van der Waals surface area contributed by atoms with Gasteiger partial charge in [-0.15, -0.1) is 0 Å². The van der Waals surface area contributed by atoms with Crippen LogP contribution in [-0.2, 0) is 4.74 Å². The van der Waals surface area contributed by atoms with E-state index in [0.717, 1.165) is 9.36 Å². The predicted octanol–water partition coefficient (Wildman–Crippen LogP) is 1.71. The largest absolute Gasteiger partial charge is 0.358 e. The van der Waals surface area contributed by atoms with E-state index in [1.807, 2.05) is 0 Å². The van der Waals surface area contributed by atoms with Crippen molar-refractivity contribution >= 4 is 0 Å². The Bertz CT molecular complexity index is 1130. The molecule has 142 valence electrons. The Kier molecular flexibility index (Phi) is 2.69. The maximum atomic E-state index is 14.2. The fourth-order valence-corrected chi connectivity index (χ4v) is 4.29. The summed E-state index contributed by atoms with van der Waals surface area (Å²) in [6.07, 6.45) is 3.23. The second kappa shape index (κ2) is 4.41. The van der Waals surface area contributed by atoms with Crippen LogP contribution in [0.3, 0.4) is 0 Å². The monoisotopic (exact) mass is 387 g/mol. The molecule has 11 heteroatoms.